The molecule has 29 heavy (non-hydrogen) atoms. The molecule has 0 radical (unpaired) electrons. The van der Waals surface area contributed by atoms with Crippen molar-refractivity contribution >= 4 is 5.82 Å². The minimum Gasteiger partial charge on any atom is -0.372 e. The van der Waals surface area contributed by atoms with E-state index in [0.29, 0.717) is 24.1 Å². The molecular weight excluding hydrogens is 364 g/mol. The molecule has 2 saturated carbocycles. The van der Waals surface area contributed by atoms with E-state index in [4.69, 9.17) is 4.74 Å². The SMILES string of the molecule is CC(C)N1CCN(c2cc(C3NNC4CCC(OC5(C)CC5)CC43)ncn2)CC1. The molecule has 4 atom stereocenters. The van der Waals surface area contributed by atoms with Gasteiger partial charge in [0, 0.05) is 50.2 Å². The van der Waals surface area contributed by atoms with Gasteiger partial charge in [-0.2, -0.15) is 0 Å². The van der Waals surface area contributed by atoms with E-state index in [0.717, 1.165) is 50.5 Å². The van der Waals surface area contributed by atoms with E-state index < -0.39 is 0 Å². The number of aromatic nitrogens is 2. The Bertz CT molecular complexity index is 715. The van der Waals surface area contributed by atoms with Crippen LogP contribution in [0.2, 0.25) is 0 Å². The fourth-order valence-electron chi connectivity index (χ4n) is 5.29. The van der Waals surface area contributed by atoms with Gasteiger partial charge in [-0.1, -0.05) is 0 Å². The Hall–Kier alpha value is -1.28. The van der Waals surface area contributed by atoms with E-state index >= 15 is 0 Å². The van der Waals surface area contributed by atoms with E-state index in [2.05, 4.69) is 57.5 Å². The summed E-state index contributed by atoms with van der Waals surface area (Å²) in [6.45, 7) is 11.1. The Morgan fingerprint density at radius 3 is 2.62 bits per heavy atom. The number of hydrogen-bond acceptors (Lipinski definition) is 7. The van der Waals surface area contributed by atoms with Gasteiger partial charge in [-0.25, -0.2) is 15.4 Å². The molecule has 5 rings (SSSR count). The fourth-order valence-corrected chi connectivity index (χ4v) is 5.29. The lowest BCUT2D eigenvalue weighted by molar-refractivity contribution is -0.0500. The lowest BCUT2D eigenvalue weighted by atomic mass is 9.79. The quantitative estimate of drug-likeness (QED) is 0.786. The zero-order chi connectivity index (χ0) is 20.0. The molecule has 2 saturated heterocycles. The number of nitrogens with one attached hydrogen (secondary N) is 2. The maximum atomic E-state index is 6.43. The molecule has 7 heteroatoms. The summed E-state index contributed by atoms with van der Waals surface area (Å²) in [7, 11) is 0. The summed E-state index contributed by atoms with van der Waals surface area (Å²) in [5, 5.41) is 0. The Labute approximate surface area is 174 Å². The first kappa shape index (κ1) is 19.7. The van der Waals surface area contributed by atoms with Crippen molar-refractivity contribution < 1.29 is 4.74 Å². The molecule has 4 aliphatic rings. The molecule has 0 aromatic carbocycles. The van der Waals surface area contributed by atoms with Crippen molar-refractivity contribution in [1.82, 2.24) is 25.7 Å². The zero-order valence-electron chi connectivity index (χ0n) is 18.1. The van der Waals surface area contributed by atoms with Gasteiger partial charge in [-0.05, 0) is 52.9 Å². The molecule has 1 aromatic heterocycles. The second kappa shape index (κ2) is 7.76. The average molecular weight is 401 g/mol. The second-order valence-corrected chi connectivity index (χ2v) is 9.96. The summed E-state index contributed by atoms with van der Waals surface area (Å²) in [5.41, 5.74) is 8.35. The number of ether oxygens (including phenoxy) is 1. The Morgan fingerprint density at radius 1 is 1.10 bits per heavy atom. The van der Waals surface area contributed by atoms with E-state index in [-0.39, 0.29) is 11.6 Å². The van der Waals surface area contributed by atoms with Gasteiger partial charge in [0.1, 0.15) is 12.1 Å². The van der Waals surface area contributed by atoms with Crippen LogP contribution in [0.1, 0.15) is 64.6 Å². The van der Waals surface area contributed by atoms with E-state index in [1.54, 1.807) is 6.33 Å². The van der Waals surface area contributed by atoms with Gasteiger partial charge in [-0.3, -0.25) is 10.3 Å². The number of piperazine rings is 1. The van der Waals surface area contributed by atoms with Crippen molar-refractivity contribution in [3.8, 4) is 0 Å². The topological polar surface area (TPSA) is 65.5 Å². The van der Waals surface area contributed by atoms with Crippen LogP contribution in [0, 0.1) is 5.92 Å². The van der Waals surface area contributed by atoms with Gasteiger partial charge in [-0.15, -0.1) is 0 Å². The van der Waals surface area contributed by atoms with E-state index in [1.807, 2.05) is 0 Å². The maximum absolute atomic E-state index is 6.43. The summed E-state index contributed by atoms with van der Waals surface area (Å²) in [6.07, 6.45) is 8.01. The molecule has 2 aliphatic carbocycles. The zero-order valence-corrected chi connectivity index (χ0v) is 18.1. The number of hydrogen-bond donors (Lipinski definition) is 2. The van der Waals surface area contributed by atoms with Crippen molar-refractivity contribution in [3.05, 3.63) is 18.1 Å². The lowest BCUT2D eigenvalue weighted by Crippen LogP contribution is -2.49. The molecule has 2 N–H and O–H groups in total. The maximum Gasteiger partial charge on any atom is 0.132 e. The van der Waals surface area contributed by atoms with Gasteiger partial charge >= 0.3 is 0 Å². The molecule has 160 valence electrons. The number of nitrogens with zero attached hydrogens (tertiary/aromatic N) is 4. The average Bonchev–Trinajstić information content (AvgIpc) is 3.31. The van der Waals surface area contributed by atoms with Crippen molar-refractivity contribution in [1.29, 1.82) is 0 Å². The third kappa shape index (κ3) is 4.15. The Kier molecular flexibility index (Phi) is 5.26. The smallest absolute Gasteiger partial charge is 0.132 e. The van der Waals surface area contributed by atoms with E-state index in [9.17, 15) is 0 Å². The first-order chi connectivity index (χ1) is 14.0. The van der Waals surface area contributed by atoms with Crippen molar-refractivity contribution in [2.24, 2.45) is 5.92 Å². The van der Waals surface area contributed by atoms with Crippen LogP contribution in [-0.2, 0) is 4.74 Å². The number of hydrazine groups is 1. The summed E-state index contributed by atoms with van der Waals surface area (Å²) >= 11 is 0. The Balaban J connectivity index is 1.26. The van der Waals surface area contributed by atoms with Gasteiger partial charge < -0.3 is 9.64 Å². The molecule has 0 spiro atoms. The van der Waals surface area contributed by atoms with Gasteiger partial charge in [0.2, 0.25) is 0 Å². The van der Waals surface area contributed by atoms with Gasteiger partial charge in [0.15, 0.2) is 0 Å². The highest BCUT2D eigenvalue weighted by atomic mass is 16.5. The molecule has 3 heterocycles. The van der Waals surface area contributed by atoms with Crippen molar-refractivity contribution in [2.75, 3.05) is 31.1 Å². The highest BCUT2D eigenvalue weighted by Gasteiger charge is 2.46. The number of rotatable bonds is 5. The number of anilines is 1. The highest BCUT2D eigenvalue weighted by molar-refractivity contribution is 5.40. The predicted octanol–water partition coefficient (Wildman–Crippen LogP) is 2.26. The molecule has 4 fully saturated rings. The van der Waals surface area contributed by atoms with E-state index in [1.165, 1.54) is 19.3 Å². The summed E-state index contributed by atoms with van der Waals surface area (Å²) < 4.78 is 6.43. The Morgan fingerprint density at radius 2 is 1.90 bits per heavy atom. The molecule has 2 aliphatic heterocycles. The molecule has 7 nitrogen and oxygen atoms in total. The fraction of sp³-hybridized carbons (Fsp3) is 0.818. The monoisotopic (exact) mass is 400 g/mol. The van der Waals surface area contributed by atoms with Crippen LogP contribution in [0.15, 0.2) is 12.4 Å². The summed E-state index contributed by atoms with van der Waals surface area (Å²) in [5.74, 6) is 1.59. The summed E-state index contributed by atoms with van der Waals surface area (Å²) in [4.78, 5) is 14.2. The first-order valence-corrected chi connectivity index (χ1v) is 11.5. The van der Waals surface area contributed by atoms with Gasteiger partial charge in [0.25, 0.3) is 0 Å². The first-order valence-electron chi connectivity index (χ1n) is 11.5. The third-order valence-electron chi connectivity index (χ3n) is 7.47. The van der Waals surface area contributed by atoms with Crippen LogP contribution in [-0.4, -0.2) is 64.8 Å². The minimum absolute atomic E-state index is 0.159. The van der Waals surface area contributed by atoms with Crippen LogP contribution in [0.5, 0.6) is 0 Å². The van der Waals surface area contributed by atoms with Crippen LogP contribution < -0.4 is 15.8 Å². The highest BCUT2D eigenvalue weighted by Crippen LogP contribution is 2.45. The van der Waals surface area contributed by atoms with Gasteiger partial charge in [0.05, 0.1) is 23.4 Å². The molecule has 4 unspecified atom stereocenters. The third-order valence-corrected chi connectivity index (χ3v) is 7.47. The second-order valence-electron chi connectivity index (χ2n) is 9.96. The van der Waals surface area contributed by atoms with Crippen LogP contribution in [0.25, 0.3) is 0 Å². The van der Waals surface area contributed by atoms with Crippen molar-refractivity contribution in [2.45, 2.75) is 82.7 Å². The molecule has 1 aromatic rings. The standard InChI is InChI=1S/C22H36N6O/c1-15(2)27-8-10-28(11-9-27)20-13-19(23-14-24-20)21-17-12-16(29-22(3)6-7-22)4-5-18(17)25-26-21/h13-18,21,25-26H,4-12H2,1-3H3. The predicted molar refractivity (Wildman–Crippen MR) is 114 cm³/mol. The van der Waals surface area contributed by atoms with Crippen molar-refractivity contribution in [3.63, 3.8) is 0 Å². The molecular formula is C22H36N6O. The molecule has 0 amide bonds. The normalized spacial score (nSPS) is 34.4. The molecule has 0 bridgehead atoms. The lowest BCUT2D eigenvalue weighted by Gasteiger charge is -2.37. The van der Waals surface area contributed by atoms with Crippen LogP contribution in [0.4, 0.5) is 5.82 Å². The largest absolute Gasteiger partial charge is 0.372 e. The number of fused-ring (bicyclic) bond motifs is 1. The van der Waals surface area contributed by atoms with Crippen LogP contribution >= 0.6 is 0 Å². The minimum atomic E-state index is 0.159. The summed E-state index contributed by atoms with van der Waals surface area (Å²) in [6, 6.07) is 3.57. The van der Waals surface area contributed by atoms with Crippen LogP contribution in [0.3, 0.4) is 0 Å².